The number of phosphoric acid groups is 1. The van der Waals surface area contributed by atoms with Gasteiger partial charge in [0.25, 0.3) is 0 Å². The summed E-state index contributed by atoms with van der Waals surface area (Å²) in [6.45, 7) is 4.71. The number of phosphoric ester groups is 1. The van der Waals surface area contributed by atoms with Crippen LogP contribution in [0.5, 0.6) is 0 Å². The summed E-state index contributed by atoms with van der Waals surface area (Å²) in [5.74, 6) is -0.160. The number of aliphatic hydroxyl groups is 1. The molecule has 8 nitrogen and oxygen atoms in total. The second kappa shape index (κ2) is 29.1. The van der Waals surface area contributed by atoms with Gasteiger partial charge in [-0.1, -0.05) is 122 Å². The molecule has 3 N–H and O–H groups in total. The minimum atomic E-state index is -4.29. The molecule has 0 radical (unpaired) electrons. The fraction of sp³-hybridized carbons (Fsp3) is 0.861. The molecule has 0 bridgehead atoms. The summed E-state index contributed by atoms with van der Waals surface area (Å²) >= 11 is 0. The molecule has 0 aromatic carbocycles. The number of hydrogen-bond acceptors (Lipinski definition) is 5. The molecule has 0 saturated carbocycles. The first-order valence-corrected chi connectivity index (χ1v) is 19.7. The molecular weight excluding hydrogens is 587 g/mol. The summed E-state index contributed by atoms with van der Waals surface area (Å²) in [4.78, 5) is 22.8. The number of carbonyl (C=O) groups excluding carboxylic acids is 1. The number of likely N-dealkylation sites (N-methyl/N-ethyl adjacent to an activating group) is 1. The zero-order chi connectivity index (χ0) is 33.7. The predicted molar refractivity (Wildman–Crippen MR) is 189 cm³/mol. The van der Waals surface area contributed by atoms with Gasteiger partial charge in [0, 0.05) is 6.42 Å². The summed E-state index contributed by atoms with van der Waals surface area (Å²) in [7, 11) is 1.60. The lowest BCUT2D eigenvalue weighted by Gasteiger charge is -2.26. The van der Waals surface area contributed by atoms with Crippen LogP contribution in [-0.4, -0.2) is 73.4 Å². The van der Waals surface area contributed by atoms with E-state index in [1.807, 2.05) is 21.1 Å². The van der Waals surface area contributed by atoms with Crippen LogP contribution in [-0.2, 0) is 18.4 Å². The molecule has 0 rings (SSSR count). The molecule has 0 spiro atoms. The van der Waals surface area contributed by atoms with Gasteiger partial charge in [-0.3, -0.25) is 13.8 Å². The second-order valence-electron chi connectivity index (χ2n) is 13.6. The Labute approximate surface area is 277 Å². The van der Waals surface area contributed by atoms with E-state index in [4.69, 9.17) is 9.05 Å². The molecule has 3 atom stereocenters. The Morgan fingerprint density at radius 2 is 1.27 bits per heavy atom. The van der Waals surface area contributed by atoms with E-state index in [1.54, 1.807) is 0 Å². The number of nitrogens with one attached hydrogen (secondary N) is 1. The van der Waals surface area contributed by atoms with Crippen LogP contribution in [0.25, 0.3) is 0 Å². The van der Waals surface area contributed by atoms with E-state index in [2.05, 4.69) is 43.5 Å². The number of allylic oxidation sites excluding steroid dienone is 4. The van der Waals surface area contributed by atoms with Crippen molar-refractivity contribution in [2.24, 2.45) is 0 Å². The van der Waals surface area contributed by atoms with Gasteiger partial charge < -0.3 is 19.8 Å². The standard InChI is InChI=1S/C36H71N2O6P/c1-6-8-10-12-13-14-15-16-17-18-19-20-21-22-23-24-25-26-28-30-36(40)37-34(35(39)29-27-11-9-7-2)33-44-45(41,42)43-32-31-38(3,4)5/h13-14,16-17,34-35,39H,6-12,15,18-33H2,1-5H3,(H-,37,40,41,42)/p+1/b14-13-,17-16-. The molecule has 0 aromatic heterocycles. The predicted octanol–water partition coefficient (Wildman–Crippen LogP) is 9.02. The summed E-state index contributed by atoms with van der Waals surface area (Å²) < 4.78 is 23.3. The fourth-order valence-corrected chi connectivity index (χ4v) is 5.69. The molecule has 0 fully saturated rings. The Kier molecular flexibility index (Phi) is 28.5. The second-order valence-corrected chi connectivity index (χ2v) is 15.1. The van der Waals surface area contributed by atoms with Crippen molar-refractivity contribution in [3.63, 3.8) is 0 Å². The molecule has 0 saturated heterocycles. The van der Waals surface area contributed by atoms with E-state index in [-0.39, 0.29) is 19.1 Å². The van der Waals surface area contributed by atoms with Gasteiger partial charge in [-0.15, -0.1) is 0 Å². The average molecular weight is 660 g/mol. The first kappa shape index (κ1) is 44.0. The van der Waals surface area contributed by atoms with Crippen LogP contribution in [0.4, 0.5) is 0 Å². The minimum absolute atomic E-state index is 0.0725. The van der Waals surface area contributed by atoms with Crippen LogP contribution in [0, 0.1) is 0 Å². The number of aliphatic hydroxyl groups excluding tert-OH is 1. The Hall–Kier alpha value is -1.02. The molecule has 0 aliphatic heterocycles. The smallest absolute Gasteiger partial charge is 0.391 e. The van der Waals surface area contributed by atoms with Crippen LogP contribution < -0.4 is 5.32 Å². The number of hydrogen-bond donors (Lipinski definition) is 3. The van der Waals surface area contributed by atoms with Crippen LogP contribution >= 0.6 is 7.82 Å². The van der Waals surface area contributed by atoms with Crippen LogP contribution in [0.1, 0.15) is 149 Å². The maximum absolute atomic E-state index is 12.7. The van der Waals surface area contributed by atoms with Crippen molar-refractivity contribution in [2.45, 2.75) is 161 Å². The van der Waals surface area contributed by atoms with Crippen molar-refractivity contribution in [2.75, 3.05) is 40.9 Å². The topological polar surface area (TPSA) is 105 Å². The Morgan fingerprint density at radius 1 is 0.756 bits per heavy atom. The molecule has 0 heterocycles. The lowest BCUT2D eigenvalue weighted by Crippen LogP contribution is -2.46. The summed E-state index contributed by atoms with van der Waals surface area (Å²) in [5.41, 5.74) is 0. The Morgan fingerprint density at radius 3 is 1.84 bits per heavy atom. The van der Waals surface area contributed by atoms with E-state index in [1.165, 1.54) is 70.6 Å². The number of quaternary nitrogens is 1. The van der Waals surface area contributed by atoms with E-state index in [0.29, 0.717) is 23.9 Å². The number of unbranched alkanes of at least 4 members (excludes halogenated alkanes) is 15. The molecule has 0 aliphatic rings. The third-order valence-corrected chi connectivity index (χ3v) is 8.94. The van der Waals surface area contributed by atoms with Crippen molar-refractivity contribution in [1.29, 1.82) is 0 Å². The highest BCUT2D eigenvalue weighted by molar-refractivity contribution is 7.47. The largest absolute Gasteiger partial charge is 0.472 e. The molecular formula is C36H72N2O6P+. The van der Waals surface area contributed by atoms with Crippen molar-refractivity contribution < 1.29 is 32.9 Å². The van der Waals surface area contributed by atoms with Crippen molar-refractivity contribution >= 4 is 13.7 Å². The van der Waals surface area contributed by atoms with Gasteiger partial charge in [-0.25, -0.2) is 4.57 Å². The van der Waals surface area contributed by atoms with Gasteiger partial charge >= 0.3 is 7.82 Å². The number of rotatable bonds is 32. The molecule has 45 heavy (non-hydrogen) atoms. The molecule has 3 unspecified atom stereocenters. The van der Waals surface area contributed by atoms with Gasteiger partial charge in [-0.05, 0) is 44.9 Å². The number of amides is 1. The summed E-state index contributed by atoms with van der Waals surface area (Å²) in [6, 6.07) is -0.755. The molecule has 1 amide bonds. The zero-order valence-electron chi connectivity index (χ0n) is 29.9. The summed E-state index contributed by atoms with van der Waals surface area (Å²) in [6.07, 6.45) is 31.1. The molecule has 0 aromatic rings. The quantitative estimate of drug-likeness (QED) is 0.0288. The first-order chi connectivity index (χ1) is 21.5. The average Bonchev–Trinajstić information content (AvgIpc) is 2.97. The van der Waals surface area contributed by atoms with Gasteiger partial charge in [0.05, 0.1) is 39.9 Å². The normalized spacial score (nSPS) is 15.1. The van der Waals surface area contributed by atoms with Crippen molar-refractivity contribution in [1.82, 2.24) is 5.32 Å². The molecule has 266 valence electrons. The Bertz CT molecular complexity index is 799. The van der Waals surface area contributed by atoms with E-state index in [9.17, 15) is 19.4 Å². The van der Waals surface area contributed by atoms with E-state index in [0.717, 1.165) is 51.4 Å². The van der Waals surface area contributed by atoms with Crippen molar-refractivity contribution in [3.05, 3.63) is 24.3 Å². The maximum atomic E-state index is 12.7. The number of carbonyl (C=O) groups is 1. The monoisotopic (exact) mass is 660 g/mol. The zero-order valence-corrected chi connectivity index (χ0v) is 30.8. The lowest BCUT2D eigenvalue weighted by atomic mass is 10.0. The van der Waals surface area contributed by atoms with Gasteiger partial charge in [0.1, 0.15) is 13.2 Å². The van der Waals surface area contributed by atoms with E-state index < -0.39 is 20.0 Å². The Balaban J connectivity index is 4.16. The minimum Gasteiger partial charge on any atom is -0.391 e. The summed E-state index contributed by atoms with van der Waals surface area (Å²) in [5, 5.41) is 13.6. The lowest BCUT2D eigenvalue weighted by molar-refractivity contribution is -0.870. The first-order valence-electron chi connectivity index (χ1n) is 18.2. The third kappa shape index (κ3) is 31.4. The highest BCUT2D eigenvalue weighted by atomic mass is 31.2. The fourth-order valence-electron chi connectivity index (χ4n) is 4.96. The van der Waals surface area contributed by atoms with Crippen molar-refractivity contribution in [3.8, 4) is 0 Å². The van der Waals surface area contributed by atoms with Crippen LogP contribution in [0.2, 0.25) is 0 Å². The van der Waals surface area contributed by atoms with E-state index >= 15 is 0 Å². The molecule has 9 heteroatoms. The van der Waals surface area contributed by atoms with Gasteiger partial charge in [-0.2, -0.15) is 0 Å². The van der Waals surface area contributed by atoms with Crippen LogP contribution in [0.15, 0.2) is 24.3 Å². The van der Waals surface area contributed by atoms with Gasteiger partial charge in [0.2, 0.25) is 5.91 Å². The molecule has 0 aliphatic carbocycles. The maximum Gasteiger partial charge on any atom is 0.472 e. The highest BCUT2D eigenvalue weighted by Crippen LogP contribution is 2.43. The number of nitrogens with zero attached hydrogens (tertiary/aromatic N) is 1. The van der Waals surface area contributed by atoms with Gasteiger partial charge in [0.15, 0.2) is 0 Å². The highest BCUT2D eigenvalue weighted by Gasteiger charge is 2.28. The van der Waals surface area contributed by atoms with Crippen LogP contribution in [0.3, 0.4) is 0 Å². The third-order valence-electron chi connectivity index (χ3n) is 7.95. The SMILES string of the molecule is CCCCC/C=C\C/C=C\CCCCCCCCCCCC(=O)NC(COP(=O)(O)OCC[N+](C)(C)C)C(O)CCCCCC.